The minimum Gasteiger partial charge on any atom is -0.378 e. The lowest BCUT2D eigenvalue weighted by Gasteiger charge is -2.28. The predicted octanol–water partition coefficient (Wildman–Crippen LogP) is 3.04. The minimum atomic E-state index is 0.731. The van der Waals surface area contributed by atoms with Crippen molar-refractivity contribution in [2.75, 3.05) is 31.2 Å². The van der Waals surface area contributed by atoms with E-state index in [2.05, 4.69) is 9.88 Å². The summed E-state index contributed by atoms with van der Waals surface area (Å²) in [7, 11) is 0. The second kappa shape index (κ2) is 6.76. The van der Waals surface area contributed by atoms with Crippen LogP contribution >= 0.6 is 0 Å². The Bertz CT molecular complexity index is 744. The van der Waals surface area contributed by atoms with E-state index in [-0.39, 0.29) is 0 Å². The number of anilines is 1. The Labute approximate surface area is 141 Å². The highest BCUT2D eigenvalue weighted by atomic mass is 16.5. The Morgan fingerprint density at radius 1 is 0.833 bits per heavy atom. The summed E-state index contributed by atoms with van der Waals surface area (Å²) >= 11 is 0. The van der Waals surface area contributed by atoms with Crippen molar-refractivity contribution in [3.63, 3.8) is 0 Å². The second-order valence-corrected chi connectivity index (χ2v) is 5.64. The molecule has 0 radical (unpaired) electrons. The first-order chi connectivity index (χ1) is 11.9. The van der Waals surface area contributed by atoms with Crippen molar-refractivity contribution in [1.82, 2.24) is 15.0 Å². The number of pyridine rings is 1. The van der Waals surface area contributed by atoms with Gasteiger partial charge in [-0.25, -0.2) is 9.97 Å². The van der Waals surface area contributed by atoms with Crippen LogP contribution in [0.25, 0.3) is 22.6 Å². The molecule has 0 spiro atoms. The molecule has 3 aromatic rings. The highest BCUT2D eigenvalue weighted by Gasteiger charge is 2.16. The first kappa shape index (κ1) is 14.8. The van der Waals surface area contributed by atoms with Crippen LogP contribution in [0.2, 0.25) is 0 Å². The SMILES string of the molecule is c1ccc(-c2nc(-c3ccncc3)cc(N3CCOCC3)n2)cc1. The van der Waals surface area contributed by atoms with Gasteiger partial charge in [-0.2, -0.15) is 0 Å². The summed E-state index contributed by atoms with van der Waals surface area (Å²) < 4.78 is 5.46. The second-order valence-electron chi connectivity index (χ2n) is 5.64. The smallest absolute Gasteiger partial charge is 0.162 e. The molecule has 120 valence electrons. The minimum absolute atomic E-state index is 0.731. The van der Waals surface area contributed by atoms with Gasteiger partial charge >= 0.3 is 0 Å². The van der Waals surface area contributed by atoms with Gasteiger partial charge in [-0.3, -0.25) is 4.98 Å². The van der Waals surface area contributed by atoms with Crippen molar-refractivity contribution in [2.45, 2.75) is 0 Å². The van der Waals surface area contributed by atoms with Gasteiger partial charge in [0.25, 0.3) is 0 Å². The number of hydrogen-bond donors (Lipinski definition) is 0. The van der Waals surface area contributed by atoms with Crippen LogP contribution in [0, 0.1) is 0 Å². The fraction of sp³-hybridized carbons (Fsp3) is 0.211. The van der Waals surface area contributed by atoms with Crippen LogP contribution in [0.3, 0.4) is 0 Å². The molecule has 5 heteroatoms. The van der Waals surface area contributed by atoms with E-state index in [0.29, 0.717) is 0 Å². The zero-order valence-corrected chi connectivity index (χ0v) is 13.3. The van der Waals surface area contributed by atoms with Crippen LogP contribution in [0.5, 0.6) is 0 Å². The van der Waals surface area contributed by atoms with Crippen molar-refractivity contribution < 1.29 is 4.74 Å². The third kappa shape index (κ3) is 3.12. The largest absolute Gasteiger partial charge is 0.378 e. The molecule has 1 fully saturated rings. The maximum absolute atomic E-state index is 5.46. The van der Waals surface area contributed by atoms with Crippen LogP contribution < -0.4 is 4.90 Å². The highest BCUT2D eigenvalue weighted by molar-refractivity contribution is 5.67. The number of rotatable bonds is 3. The molecule has 1 aromatic carbocycles. The molecule has 0 aliphatic carbocycles. The Balaban J connectivity index is 1.81. The molecule has 24 heavy (non-hydrogen) atoms. The van der Waals surface area contributed by atoms with Crippen molar-refractivity contribution in [2.24, 2.45) is 0 Å². The molecule has 0 bridgehead atoms. The molecule has 0 saturated carbocycles. The van der Waals surface area contributed by atoms with Gasteiger partial charge < -0.3 is 9.64 Å². The van der Waals surface area contributed by atoms with Gasteiger partial charge in [0.2, 0.25) is 0 Å². The Morgan fingerprint density at radius 2 is 1.58 bits per heavy atom. The number of ether oxygens (including phenoxy) is 1. The number of hydrogen-bond acceptors (Lipinski definition) is 5. The summed E-state index contributed by atoms with van der Waals surface area (Å²) in [4.78, 5) is 15.9. The van der Waals surface area contributed by atoms with Gasteiger partial charge in [0.15, 0.2) is 5.82 Å². The lowest BCUT2D eigenvalue weighted by molar-refractivity contribution is 0.122. The molecule has 1 aliphatic rings. The van der Waals surface area contributed by atoms with Crippen LogP contribution in [-0.2, 0) is 4.74 Å². The summed E-state index contributed by atoms with van der Waals surface area (Å²) in [5, 5.41) is 0. The molecule has 4 rings (SSSR count). The predicted molar refractivity (Wildman–Crippen MR) is 93.7 cm³/mol. The molecule has 1 saturated heterocycles. The average molecular weight is 318 g/mol. The number of benzene rings is 1. The number of aromatic nitrogens is 3. The molecule has 5 nitrogen and oxygen atoms in total. The third-order valence-electron chi connectivity index (χ3n) is 4.06. The maximum atomic E-state index is 5.46. The summed E-state index contributed by atoms with van der Waals surface area (Å²) in [6, 6.07) is 16.1. The Morgan fingerprint density at radius 3 is 2.33 bits per heavy atom. The zero-order valence-electron chi connectivity index (χ0n) is 13.3. The quantitative estimate of drug-likeness (QED) is 0.743. The standard InChI is InChI=1S/C19H18N4O/c1-2-4-16(5-3-1)19-21-17(15-6-8-20-9-7-15)14-18(22-19)23-10-12-24-13-11-23/h1-9,14H,10-13H2. The number of nitrogens with zero attached hydrogens (tertiary/aromatic N) is 4. The molecule has 3 heterocycles. The van der Waals surface area contributed by atoms with E-state index in [4.69, 9.17) is 14.7 Å². The fourth-order valence-electron chi connectivity index (χ4n) is 2.78. The molecule has 1 aliphatic heterocycles. The van der Waals surface area contributed by atoms with E-state index in [1.54, 1.807) is 12.4 Å². The van der Waals surface area contributed by atoms with E-state index in [0.717, 1.165) is 54.8 Å². The normalized spacial score (nSPS) is 14.6. The van der Waals surface area contributed by atoms with Crippen molar-refractivity contribution in [3.8, 4) is 22.6 Å². The average Bonchev–Trinajstić information content (AvgIpc) is 2.70. The molecule has 0 amide bonds. The van der Waals surface area contributed by atoms with Crippen LogP contribution in [0.15, 0.2) is 60.9 Å². The van der Waals surface area contributed by atoms with Crippen molar-refractivity contribution in [1.29, 1.82) is 0 Å². The summed E-state index contributed by atoms with van der Waals surface area (Å²) in [5.74, 6) is 1.69. The van der Waals surface area contributed by atoms with E-state index < -0.39 is 0 Å². The molecular weight excluding hydrogens is 300 g/mol. The Hall–Kier alpha value is -2.79. The van der Waals surface area contributed by atoms with Gasteiger partial charge in [-0.05, 0) is 12.1 Å². The number of morpholine rings is 1. The van der Waals surface area contributed by atoms with Gasteiger partial charge in [0, 0.05) is 42.7 Å². The summed E-state index contributed by atoms with van der Waals surface area (Å²) in [5.41, 5.74) is 2.97. The lowest BCUT2D eigenvalue weighted by Crippen LogP contribution is -2.36. The van der Waals surface area contributed by atoms with E-state index >= 15 is 0 Å². The lowest BCUT2D eigenvalue weighted by atomic mass is 10.1. The molecule has 0 unspecified atom stereocenters. The van der Waals surface area contributed by atoms with Crippen LogP contribution in [-0.4, -0.2) is 41.3 Å². The first-order valence-electron chi connectivity index (χ1n) is 8.08. The van der Waals surface area contributed by atoms with Crippen molar-refractivity contribution in [3.05, 3.63) is 60.9 Å². The fourth-order valence-corrected chi connectivity index (χ4v) is 2.78. The van der Waals surface area contributed by atoms with Crippen LogP contribution in [0.4, 0.5) is 5.82 Å². The first-order valence-corrected chi connectivity index (χ1v) is 8.08. The molecular formula is C19H18N4O. The summed E-state index contributed by atoms with van der Waals surface area (Å²) in [6.45, 7) is 3.16. The maximum Gasteiger partial charge on any atom is 0.162 e. The molecule has 2 aromatic heterocycles. The van der Waals surface area contributed by atoms with Gasteiger partial charge in [0.1, 0.15) is 5.82 Å². The van der Waals surface area contributed by atoms with Gasteiger partial charge in [-0.1, -0.05) is 30.3 Å². The van der Waals surface area contributed by atoms with Crippen LogP contribution in [0.1, 0.15) is 0 Å². The van der Waals surface area contributed by atoms with E-state index in [1.165, 1.54) is 0 Å². The summed E-state index contributed by atoms with van der Waals surface area (Å²) in [6.07, 6.45) is 3.57. The zero-order chi connectivity index (χ0) is 16.2. The Kier molecular flexibility index (Phi) is 4.16. The topological polar surface area (TPSA) is 51.1 Å². The van der Waals surface area contributed by atoms with E-state index in [9.17, 15) is 0 Å². The van der Waals surface area contributed by atoms with Crippen molar-refractivity contribution >= 4 is 5.82 Å². The van der Waals surface area contributed by atoms with Gasteiger partial charge in [0.05, 0.1) is 18.9 Å². The monoisotopic (exact) mass is 318 g/mol. The highest BCUT2D eigenvalue weighted by Crippen LogP contribution is 2.26. The van der Waals surface area contributed by atoms with E-state index in [1.807, 2.05) is 48.5 Å². The third-order valence-corrected chi connectivity index (χ3v) is 4.06. The van der Waals surface area contributed by atoms with Gasteiger partial charge in [-0.15, -0.1) is 0 Å². The molecule has 0 atom stereocenters. The molecule has 0 N–H and O–H groups in total.